The van der Waals surface area contributed by atoms with E-state index in [1.807, 2.05) is 0 Å². The first-order valence-electron chi connectivity index (χ1n) is 9.56. The van der Waals surface area contributed by atoms with Crippen LogP contribution in [-0.4, -0.2) is 73.6 Å². The van der Waals surface area contributed by atoms with E-state index in [9.17, 15) is 0 Å². The summed E-state index contributed by atoms with van der Waals surface area (Å²) in [5, 5.41) is 3.56. The molecular formula is C17H29ClN6O2. The van der Waals surface area contributed by atoms with Crippen LogP contribution in [0.4, 0.5) is 17.8 Å². The number of anilines is 3. The number of hydrogen-bond donors (Lipinski definition) is 1. The summed E-state index contributed by atoms with van der Waals surface area (Å²) in [7, 11) is 0. The van der Waals surface area contributed by atoms with Gasteiger partial charge in [0.1, 0.15) is 0 Å². The van der Waals surface area contributed by atoms with Crippen LogP contribution < -0.4 is 15.1 Å². The van der Waals surface area contributed by atoms with Gasteiger partial charge in [-0.3, -0.25) is 0 Å². The van der Waals surface area contributed by atoms with E-state index in [4.69, 9.17) is 24.4 Å². The van der Waals surface area contributed by atoms with Crippen molar-refractivity contribution < 1.29 is 9.47 Å². The molecule has 146 valence electrons. The molecule has 0 radical (unpaired) electrons. The van der Waals surface area contributed by atoms with Crippen LogP contribution in [-0.2, 0) is 9.47 Å². The zero-order valence-electron chi connectivity index (χ0n) is 15.2. The number of halogens is 1. The first-order valence-corrected chi connectivity index (χ1v) is 9.56. The molecule has 0 aromatic carbocycles. The minimum absolute atomic E-state index is 0. The quantitative estimate of drug-likeness (QED) is 0.840. The molecule has 4 rings (SSSR count). The molecule has 0 amide bonds. The van der Waals surface area contributed by atoms with E-state index in [0.717, 1.165) is 64.5 Å². The third-order valence-electron chi connectivity index (χ3n) is 5.14. The van der Waals surface area contributed by atoms with Crippen molar-refractivity contribution in [3.8, 4) is 0 Å². The molecule has 2 aliphatic heterocycles. The van der Waals surface area contributed by atoms with Gasteiger partial charge >= 0.3 is 0 Å². The van der Waals surface area contributed by atoms with Crippen LogP contribution in [0.25, 0.3) is 0 Å². The van der Waals surface area contributed by atoms with Crippen LogP contribution in [0.15, 0.2) is 0 Å². The van der Waals surface area contributed by atoms with E-state index in [0.29, 0.717) is 12.0 Å². The Labute approximate surface area is 161 Å². The van der Waals surface area contributed by atoms with Crippen LogP contribution in [0, 0.1) is 0 Å². The summed E-state index contributed by atoms with van der Waals surface area (Å²) in [5.41, 5.74) is 0. The largest absolute Gasteiger partial charge is 0.378 e. The fourth-order valence-corrected chi connectivity index (χ4v) is 3.66. The van der Waals surface area contributed by atoms with E-state index in [-0.39, 0.29) is 12.4 Å². The van der Waals surface area contributed by atoms with Crippen molar-refractivity contribution in [1.29, 1.82) is 0 Å². The normalized spacial score (nSPS) is 22.0. The Morgan fingerprint density at radius 2 is 1.23 bits per heavy atom. The van der Waals surface area contributed by atoms with Gasteiger partial charge in [-0.05, 0) is 12.8 Å². The highest BCUT2D eigenvalue weighted by Gasteiger charge is 2.22. The van der Waals surface area contributed by atoms with Crippen molar-refractivity contribution in [2.24, 2.45) is 0 Å². The first-order chi connectivity index (χ1) is 12.4. The second-order valence-corrected chi connectivity index (χ2v) is 6.94. The molecule has 1 aromatic rings. The number of nitrogens with one attached hydrogen (secondary N) is 1. The lowest BCUT2D eigenvalue weighted by atomic mass is 9.96. The molecule has 0 unspecified atom stereocenters. The Morgan fingerprint density at radius 3 is 1.73 bits per heavy atom. The van der Waals surface area contributed by atoms with Gasteiger partial charge in [0.15, 0.2) is 0 Å². The fourth-order valence-electron chi connectivity index (χ4n) is 3.66. The summed E-state index contributed by atoms with van der Waals surface area (Å²) in [5.74, 6) is 2.24. The Kier molecular flexibility index (Phi) is 7.10. The standard InChI is InChI=1S/C17H28N6O2.ClH/c1-2-4-14(5-3-1)18-15-19-16(22-6-10-24-11-7-22)21-17(20-15)23-8-12-25-13-9-23;/h14H,1-13H2,(H,18,19,20,21);1H. The number of ether oxygens (including phenoxy) is 2. The summed E-state index contributed by atoms with van der Waals surface area (Å²) in [6, 6.07) is 0.478. The van der Waals surface area contributed by atoms with Gasteiger partial charge in [-0.1, -0.05) is 19.3 Å². The predicted octanol–water partition coefficient (Wildman–Crippen LogP) is 1.71. The van der Waals surface area contributed by atoms with Crippen molar-refractivity contribution in [1.82, 2.24) is 15.0 Å². The van der Waals surface area contributed by atoms with Gasteiger partial charge in [-0.2, -0.15) is 15.0 Å². The van der Waals surface area contributed by atoms with Gasteiger partial charge in [-0.15, -0.1) is 12.4 Å². The van der Waals surface area contributed by atoms with Crippen LogP contribution in [0.5, 0.6) is 0 Å². The summed E-state index contributed by atoms with van der Waals surface area (Å²) in [6.07, 6.45) is 6.31. The molecule has 1 aromatic heterocycles. The molecule has 3 heterocycles. The molecule has 1 N–H and O–H groups in total. The maximum absolute atomic E-state index is 5.46. The topological polar surface area (TPSA) is 75.6 Å². The third kappa shape index (κ3) is 4.86. The highest BCUT2D eigenvalue weighted by atomic mass is 35.5. The zero-order chi connectivity index (χ0) is 16.9. The fraction of sp³-hybridized carbons (Fsp3) is 0.824. The summed E-state index contributed by atoms with van der Waals surface area (Å²) < 4.78 is 10.9. The average molecular weight is 385 g/mol. The van der Waals surface area contributed by atoms with E-state index < -0.39 is 0 Å². The molecular weight excluding hydrogens is 356 g/mol. The lowest BCUT2D eigenvalue weighted by Gasteiger charge is -2.31. The van der Waals surface area contributed by atoms with Crippen LogP contribution in [0.1, 0.15) is 32.1 Å². The van der Waals surface area contributed by atoms with Gasteiger partial charge in [0, 0.05) is 32.2 Å². The summed E-state index contributed by atoms with van der Waals surface area (Å²) in [6.45, 7) is 6.22. The highest BCUT2D eigenvalue weighted by molar-refractivity contribution is 5.85. The van der Waals surface area contributed by atoms with Gasteiger partial charge in [-0.25, -0.2) is 0 Å². The zero-order valence-corrected chi connectivity index (χ0v) is 16.0. The van der Waals surface area contributed by atoms with Crippen LogP contribution in [0.3, 0.4) is 0 Å². The monoisotopic (exact) mass is 384 g/mol. The number of nitrogens with zero attached hydrogens (tertiary/aromatic N) is 5. The predicted molar refractivity (Wildman–Crippen MR) is 104 cm³/mol. The average Bonchev–Trinajstić information content (AvgIpc) is 2.70. The van der Waals surface area contributed by atoms with Crippen LogP contribution in [0.2, 0.25) is 0 Å². The Morgan fingerprint density at radius 1 is 0.731 bits per heavy atom. The number of morpholine rings is 2. The third-order valence-corrected chi connectivity index (χ3v) is 5.14. The van der Waals surface area contributed by atoms with Crippen molar-refractivity contribution in [3.63, 3.8) is 0 Å². The summed E-state index contributed by atoms with van der Waals surface area (Å²) >= 11 is 0. The molecule has 3 aliphatic rings. The second kappa shape index (κ2) is 9.53. The lowest BCUT2D eigenvalue weighted by Crippen LogP contribution is -2.40. The minimum atomic E-state index is 0. The number of hydrogen-bond acceptors (Lipinski definition) is 8. The molecule has 9 heteroatoms. The Hall–Kier alpha value is -1.38. The minimum Gasteiger partial charge on any atom is -0.378 e. The molecule has 1 saturated carbocycles. The number of rotatable bonds is 4. The molecule has 26 heavy (non-hydrogen) atoms. The highest BCUT2D eigenvalue weighted by Crippen LogP contribution is 2.23. The molecule has 0 spiro atoms. The Balaban J connectivity index is 0.00000196. The van der Waals surface area contributed by atoms with Crippen molar-refractivity contribution in [2.75, 3.05) is 67.7 Å². The second-order valence-electron chi connectivity index (χ2n) is 6.94. The van der Waals surface area contributed by atoms with Gasteiger partial charge in [0.2, 0.25) is 17.8 Å². The van der Waals surface area contributed by atoms with Crippen LogP contribution >= 0.6 is 12.4 Å². The van der Waals surface area contributed by atoms with Crippen molar-refractivity contribution >= 4 is 30.3 Å². The van der Waals surface area contributed by atoms with E-state index >= 15 is 0 Å². The maximum atomic E-state index is 5.46. The maximum Gasteiger partial charge on any atom is 0.232 e. The summed E-state index contributed by atoms with van der Waals surface area (Å²) in [4.78, 5) is 18.6. The molecule has 1 aliphatic carbocycles. The number of aromatic nitrogens is 3. The molecule has 2 saturated heterocycles. The van der Waals surface area contributed by atoms with Gasteiger partial charge in [0.25, 0.3) is 0 Å². The van der Waals surface area contributed by atoms with Crippen molar-refractivity contribution in [2.45, 2.75) is 38.1 Å². The molecule has 0 bridgehead atoms. The van der Waals surface area contributed by atoms with E-state index in [1.165, 1.54) is 32.1 Å². The molecule has 8 nitrogen and oxygen atoms in total. The van der Waals surface area contributed by atoms with E-state index in [2.05, 4.69) is 15.1 Å². The molecule has 0 atom stereocenters. The van der Waals surface area contributed by atoms with Gasteiger partial charge < -0.3 is 24.6 Å². The van der Waals surface area contributed by atoms with Crippen molar-refractivity contribution in [3.05, 3.63) is 0 Å². The lowest BCUT2D eigenvalue weighted by molar-refractivity contribution is 0.121. The smallest absolute Gasteiger partial charge is 0.232 e. The SMILES string of the molecule is C1CCC(Nc2nc(N3CCOCC3)nc(N3CCOCC3)n2)CC1.Cl. The first kappa shape index (κ1) is 19.4. The van der Waals surface area contributed by atoms with Gasteiger partial charge in [0.05, 0.1) is 26.4 Å². The molecule has 3 fully saturated rings. The van der Waals surface area contributed by atoms with E-state index in [1.54, 1.807) is 0 Å². The Bertz CT molecular complexity index is 524.